The van der Waals surface area contributed by atoms with Crippen LogP contribution in [-0.4, -0.2) is 35.9 Å². The summed E-state index contributed by atoms with van der Waals surface area (Å²) < 4.78 is 5.41. The Morgan fingerprint density at radius 3 is 2.57 bits per heavy atom. The van der Waals surface area contributed by atoms with Gasteiger partial charge in [0.2, 0.25) is 5.91 Å². The number of nitrogens with one attached hydrogen (secondary N) is 1. The highest BCUT2D eigenvalue weighted by Gasteiger charge is 2.54. The maximum atomic E-state index is 12.7. The molecule has 0 radical (unpaired) electrons. The van der Waals surface area contributed by atoms with Crippen molar-refractivity contribution in [3.63, 3.8) is 0 Å². The molecule has 1 aromatic carbocycles. The van der Waals surface area contributed by atoms with Crippen molar-refractivity contribution in [2.75, 3.05) is 7.11 Å². The number of halogens is 1. The summed E-state index contributed by atoms with van der Waals surface area (Å²) in [4.78, 5) is 12.7. The van der Waals surface area contributed by atoms with Crippen molar-refractivity contribution in [2.45, 2.75) is 63.2 Å². The number of methoxy groups -OCH3 is 1. The van der Waals surface area contributed by atoms with Gasteiger partial charge in [0, 0.05) is 12.1 Å². The minimum absolute atomic E-state index is 0.0955. The number of ether oxygens (including phenoxy) is 1. The maximum absolute atomic E-state index is 12.7. The van der Waals surface area contributed by atoms with E-state index in [-0.39, 0.29) is 12.0 Å². The minimum Gasteiger partial charge on any atom is -0.389 e. The van der Waals surface area contributed by atoms with Gasteiger partial charge in [0.05, 0.1) is 23.7 Å². The lowest BCUT2D eigenvalue weighted by atomic mass is 9.74. The number of rotatable bonds is 2. The quantitative estimate of drug-likeness (QED) is 0.872. The number of carbonyl (C=O) groups excluding carboxylic acids is 1. The number of hydrogen-bond donors (Lipinski definition) is 2. The van der Waals surface area contributed by atoms with E-state index >= 15 is 0 Å². The molecular weight excluding hydrogens is 314 g/mol. The van der Waals surface area contributed by atoms with Crippen LogP contribution in [0.4, 0.5) is 0 Å². The first-order valence-corrected chi connectivity index (χ1v) is 8.56. The normalized spacial score (nSPS) is 34.0. The van der Waals surface area contributed by atoms with Gasteiger partial charge >= 0.3 is 0 Å². The number of hydrogen-bond acceptors (Lipinski definition) is 3. The van der Waals surface area contributed by atoms with E-state index in [1.54, 1.807) is 7.11 Å². The molecule has 1 aromatic rings. The van der Waals surface area contributed by atoms with Crippen LogP contribution < -0.4 is 5.32 Å². The summed E-state index contributed by atoms with van der Waals surface area (Å²) in [6, 6.07) is 3.76. The first-order chi connectivity index (χ1) is 10.9. The van der Waals surface area contributed by atoms with E-state index in [2.05, 4.69) is 5.32 Å². The molecule has 1 saturated heterocycles. The molecule has 2 aliphatic rings. The molecule has 23 heavy (non-hydrogen) atoms. The highest BCUT2D eigenvalue weighted by atomic mass is 35.5. The molecule has 5 heteroatoms. The largest absolute Gasteiger partial charge is 0.389 e. The van der Waals surface area contributed by atoms with Crippen molar-refractivity contribution in [1.29, 1.82) is 0 Å². The van der Waals surface area contributed by atoms with Gasteiger partial charge in [0.1, 0.15) is 0 Å². The highest BCUT2D eigenvalue weighted by molar-refractivity contribution is 6.31. The van der Waals surface area contributed by atoms with Gasteiger partial charge in [-0.05, 0) is 62.3 Å². The highest BCUT2D eigenvalue weighted by Crippen LogP contribution is 2.44. The molecule has 3 rings (SSSR count). The van der Waals surface area contributed by atoms with Crippen molar-refractivity contribution in [3.05, 3.63) is 33.8 Å². The van der Waals surface area contributed by atoms with Crippen LogP contribution in [0.2, 0.25) is 5.02 Å². The molecule has 2 fully saturated rings. The molecule has 1 heterocycles. The fourth-order valence-electron chi connectivity index (χ4n) is 4.23. The van der Waals surface area contributed by atoms with Gasteiger partial charge in [-0.2, -0.15) is 0 Å². The monoisotopic (exact) mass is 337 g/mol. The summed E-state index contributed by atoms with van der Waals surface area (Å²) in [6.07, 6.45) is 2.69. The Balaban J connectivity index is 1.94. The van der Waals surface area contributed by atoms with Crippen molar-refractivity contribution in [2.24, 2.45) is 0 Å². The third-order valence-electron chi connectivity index (χ3n) is 5.67. The topological polar surface area (TPSA) is 58.6 Å². The Hall–Kier alpha value is -1.10. The van der Waals surface area contributed by atoms with Gasteiger partial charge in [-0.1, -0.05) is 17.7 Å². The third kappa shape index (κ3) is 2.67. The van der Waals surface area contributed by atoms with Gasteiger partial charge < -0.3 is 15.2 Å². The molecule has 1 spiro atoms. The second kappa shape index (κ2) is 6.08. The van der Waals surface area contributed by atoms with Gasteiger partial charge in [0.15, 0.2) is 0 Å². The Morgan fingerprint density at radius 2 is 1.96 bits per heavy atom. The van der Waals surface area contributed by atoms with Crippen LogP contribution in [0, 0.1) is 13.8 Å². The van der Waals surface area contributed by atoms with E-state index in [0.29, 0.717) is 5.02 Å². The first kappa shape index (κ1) is 16.7. The van der Waals surface area contributed by atoms with Crippen molar-refractivity contribution in [3.8, 4) is 0 Å². The standard InChI is InChI=1S/C18H24ClNO3/c1-10-4-5-13(19)11(2)14(10)15-16(21)18(20-17(15)22)8-6-12(23-3)7-9-18/h4-5,12,15-16,21H,6-9H2,1-3H3,(H,20,22). The molecule has 1 amide bonds. The summed E-state index contributed by atoms with van der Waals surface area (Å²) in [5.41, 5.74) is 2.22. The molecule has 126 valence electrons. The van der Waals surface area contributed by atoms with E-state index in [1.165, 1.54) is 0 Å². The smallest absolute Gasteiger partial charge is 0.230 e. The average molecular weight is 338 g/mol. The number of aryl methyl sites for hydroxylation is 1. The fraction of sp³-hybridized carbons (Fsp3) is 0.611. The van der Waals surface area contributed by atoms with Crippen LogP contribution in [0.1, 0.15) is 48.3 Å². The van der Waals surface area contributed by atoms with Gasteiger partial charge in [-0.15, -0.1) is 0 Å². The number of aliphatic hydroxyl groups is 1. The molecule has 2 unspecified atom stereocenters. The van der Waals surface area contributed by atoms with E-state index in [0.717, 1.165) is 42.4 Å². The minimum atomic E-state index is -0.733. The van der Waals surface area contributed by atoms with Gasteiger partial charge in [-0.3, -0.25) is 4.79 Å². The van der Waals surface area contributed by atoms with Gasteiger partial charge in [0.25, 0.3) is 0 Å². The zero-order valence-electron chi connectivity index (χ0n) is 13.9. The SMILES string of the molecule is COC1CCC2(CC1)NC(=O)C(c1c(C)ccc(Cl)c1C)C2O. The van der Waals surface area contributed by atoms with Gasteiger partial charge in [-0.25, -0.2) is 0 Å². The summed E-state index contributed by atoms with van der Waals surface area (Å²) in [5, 5.41) is 14.8. The molecule has 0 bridgehead atoms. The van der Waals surface area contributed by atoms with Crippen LogP contribution in [0.25, 0.3) is 0 Å². The van der Waals surface area contributed by atoms with Crippen LogP contribution in [0.3, 0.4) is 0 Å². The predicted octanol–water partition coefficient (Wildman–Crippen LogP) is 2.86. The maximum Gasteiger partial charge on any atom is 0.230 e. The molecule has 0 aromatic heterocycles. The van der Waals surface area contributed by atoms with Crippen molar-refractivity contribution in [1.82, 2.24) is 5.32 Å². The van der Waals surface area contributed by atoms with E-state index < -0.39 is 17.6 Å². The molecule has 1 saturated carbocycles. The summed E-state index contributed by atoms with van der Waals surface area (Å²) >= 11 is 6.24. The second-order valence-corrected chi connectivity index (χ2v) is 7.31. The summed E-state index contributed by atoms with van der Waals surface area (Å²) in [7, 11) is 1.72. The van der Waals surface area contributed by atoms with E-state index in [9.17, 15) is 9.90 Å². The average Bonchev–Trinajstić information content (AvgIpc) is 2.77. The van der Waals surface area contributed by atoms with Crippen LogP contribution in [0.5, 0.6) is 0 Å². The molecule has 1 aliphatic heterocycles. The Kier molecular flexibility index (Phi) is 4.43. The molecule has 2 N–H and O–H groups in total. The fourth-order valence-corrected chi connectivity index (χ4v) is 4.39. The Morgan fingerprint density at radius 1 is 1.30 bits per heavy atom. The lowest BCUT2D eigenvalue weighted by Crippen LogP contribution is -2.52. The number of amides is 1. The van der Waals surface area contributed by atoms with Crippen molar-refractivity contribution >= 4 is 17.5 Å². The summed E-state index contributed by atoms with van der Waals surface area (Å²) in [6.45, 7) is 3.88. The van der Waals surface area contributed by atoms with E-state index in [4.69, 9.17) is 16.3 Å². The molecular formula is C18H24ClNO3. The second-order valence-electron chi connectivity index (χ2n) is 6.91. The number of benzene rings is 1. The zero-order valence-corrected chi connectivity index (χ0v) is 14.6. The first-order valence-electron chi connectivity index (χ1n) is 8.18. The Bertz CT molecular complexity index is 623. The molecule has 1 aliphatic carbocycles. The number of aliphatic hydroxyl groups excluding tert-OH is 1. The summed E-state index contributed by atoms with van der Waals surface area (Å²) in [5.74, 6) is -0.644. The third-order valence-corrected chi connectivity index (χ3v) is 6.08. The van der Waals surface area contributed by atoms with Crippen molar-refractivity contribution < 1.29 is 14.6 Å². The lowest BCUT2D eigenvalue weighted by Gasteiger charge is -2.39. The van der Waals surface area contributed by atoms with Crippen LogP contribution in [-0.2, 0) is 9.53 Å². The molecule has 4 nitrogen and oxygen atoms in total. The lowest BCUT2D eigenvalue weighted by molar-refractivity contribution is -0.121. The van der Waals surface area contributed by atoms with Crippen LogP contribution >= 0.6 is 11.6 Å². The van der Waals surface area contributed by atoms with Crippen LogP contribution in [0.15, 0.2) is 12.1 Å². The van der Waals surface area contributed by atoms with E-state index in [1.807, 2.05) is 26.0 Å². The zero-order chi connectivity index (χ0) is 16.8. The predicted molar refractivity (Wildman–Crippen MR) is 89.8 cm³/mol. The molecule has 2 atom stereocenters. The Labute approximate surface area is 142 Å². The number of carbonyl (C=O) groups is 1.